The van der Waals surface area contributed by atoms with Crippen molar-refractivity contribution in [2.75, 3.05) is 18.5 Å². The summed E-state index contributed by atoms with van der Waals surface area (Å²) in [6.07, 6.45) is -3.84. The lowest BCUT2D eigenvalue weighted by atomic mass is 9.96. The highest BCUT2D eigenvalue weighted by atomic mass is 19.4. The normalized spacial score (nSPS) is 19.5. The third-order valence-electron chi connectivity index (χ3n) is 3.73. The molecule has 0 bridgehead atoms. The SMILES string of the molecule is Cc1ccc(NN)c(C(=O)N2CCCC(C(F)(F)F)C2)c1. The zero-order valence-corrected chi connectivity index (χ0v) is 11.7. The minimum atomic E-state index is -4.26. The van der Waals surface area contributed by atoms with Crippen LogP contribution in [0.15, 0.2) is 18.2 Å². The average Bonchev–Trinajstić information content (AvgIpc) is 2.45. The lowest BCUT2D eigenvalue weighted by Crippen LogP contribution is -2.44. The maximum atomic E-state index is 12.8. The van der Waals surface area contributed by atoms with Crippen LogP contribution in [0, 0.1) is 12.8 Å². The van der Waals surface area contributed by atoms with Gasteiger partial charge in [-0.15, -0.1) is 0 Å². The molecule has 1 aliphatic rings. The number of nitrogen functional groups attached to an aromatic ring is 1. The summed E-state index contributed by atoms with van der Waals surface area (Å²) in [5.74, 6) is 3.50. The number of rotatable bonds is 2. The van der Waals surface area contributed by atoms with Crippen molar-refractivity contribution in [2.45, 2.75) is 25.9 Å². The van der Waals surface area contributed by atoms with E-state index in [9.17, 15) is 18.0 Å². The van der Waals surface area contributed by atoms with Gasteiger partial charge in [-0.25, -0.2) is 0 Å². The number of hydrogen-bond donors (Lipinski definition) is 2. The quantitative estimate of drug-likeness (QED) is 0.652. The molecular weight excluding hydrogens is 283 g/mol. The fraction of sp³-hybridized carbons (Fsp3) is 0.500. The number of hydrogen-bond acceptors (Lipinski definition) is 3. The Kier molecular flexibility index (Phi) is 4.41. The Morgan fingerprint density at radius 3 is 2.76 bits per heavy atom. The van der Waals surface area contributed by atoms with Crippen molar-refractivity contribution in [3.05, 3.63) is 29.3 Å². The maximum absolute atomic E-state index is 12.8. The molecule has 1 saturated heterocycles. The van der Waals surface area contributed by atoms with Gasteiger partial charge in [0, 0.05) is 13.1 Å². The monoisotopic (exact) mass is 301 g/mol. The van der Waals surface area contributed by atoms with Gasteiger partial charge in [0.25, 0.3) is 5.91 Å². The van der Waals surface area contributed by atoms with Gasteiger partial charge in [-0.3, -0.25) is 10.6 Å². The van der Waals surface area contributed by atoms with Crippen molar-refractivity contribution in [1.29, 1.82) is 0 Å². The second-order valence-corrected chi connectivity index (χ2v) is 5.33. The Bertz CT molecular complexity index is 531. The van der Waals surface area contributed by atoms with Crippen LogP contribution in [0.3, 0.4) is 0 Å². The zero-order valence-electron chi connectivity index (χ0n) is 11.7. The summed E-state index contributed by atoms with van der Waals surface area (Å²) >= 11 is 0. The number of alkyl halides is 3. The minimum absolute atomic E-state index is 0.0725. The van der Waals surface area contributed by atoms with Gasteiger partial charge in [-0.05, 0) is 31.9 Å². The number of benzene rings is 1. The molecule has 1 aromatic rings. The van der Waals surface area contributed by atoms with Crippen LogP contribution in [0.4, 0.5) is 18.9 Å². The molecule has 0 saturated carbocycles. The lowest BCUT2D eigenvalue weighted by molar-refractivity contribution is -0.184. The van der Waals surface area contributed by atoms with Crippen molar-refractivity contribution >= 4 is 11.6 Å². The molecule has 4 nitrogen and oxygen atoms in total. The van der Waals surface area contributed by atoms with Gasteiger partial charge in [0.2, 0.25) is 0 Å². The van der Waals surface area contributed by atoms with E-state index in [1.54, 1.807) is 18.2 Å². The highest BCUT2D eigenvalue weighted by Crippen LogP contribution is 2.34. The smallest absolute Gasteiger partial charge is 0.338 e. The predicted octanol–water partition coefficient (Wildman–Crippen LogP) is 2.70. The molecule has 1 unspecified atom stereocenters. The molecule has 0 spiro atoms. The molecular formula is C14H18F3N3O. The summed E-state index contributed by atoms with van der Waals surface area (Å²) in [4.78, 5) is 13.7. The third kappa shape index (κ3) is 3.47. The van der Waals surface area contributed by atoms with Crippen molar-refractivity contribution < 1.29 is 18.0 Å². The standard InChI is InChI=1S/C14H18F3N3O/c1-9-4-5-12(19-18)11(7-9)13(21)20-6-2-3-10(8-20)14(15,16)17/h4-5,7,10,19H,2-3,6,8,18H2,1H3. The minimum Gasteiger partial charge on any atom is -0.338 e. The van der Waals surface area contributed by atoms with Crippen LogP contribution in [0.25, 0.3) is 0 Å². The summed E-state index contributed by atoms with van der Waals surface area (Å²) < 4.78 is 38.5. The summed E-state index contributed by atoms with van der Waals surface area (Å²) in [5.41, 5.74) is 3.99. The number of halogens is 3. The number of nitrogens with zero attached hydrogens (tertiary/aromatic N) is 1. The van der Waals surface area contributed by atoms with Gasteiger partial charge in [-0.2, -0.15) is 13.2 Å². The van der Waals surface area contributed by atoms with E-state index in [1.165, 1.54) is 4.90 Å². The van der Waals surface area contributed by atoms with Crippen molar-refractivity contribution in [3.63, 3.8) is 0 Å². The summed E-state index contributed by atoms with van der Waals surface area (Å²) in [5, 5.41) is 0. The molecule has 1 amide bonds. The van der Waals surface area contributed by atoms with Crippen molar-refractivity contribution in [1.82, 2.24) is 4.90 Å². The van der Waals surface area contributed by atoms with Crippen molar-refractivity contribution in [2.24, 2.45) is 11.8 Å². The van der Waals surface area contributed by atoms with Gasteiger partial charge < -0.3 is 10.3 Å². The Morgan fingerprint density at radius 2 is 2.14 bits per heavy atom. The summed E-state index contributed by atoms with van der Waals surface area (Å²) in [6, 6.07) is 5.06. The maximum Gasteiger partial charge on any atom is 0.393 e. The predicted molar refractivity (Wildman–Crippen MR) is 73.7 cm³/mol. The molecule has 0 aliphatic carbocycles. The van der Waals surface area contributed by atoms with E-state index in [0.29, 0.717) is 24.2 Å². The average molecular weight is 301 g/mol. The summed E-state index contributed by atoms with van der Waals surface area (Å²) in [7, 11) is 0. The van der Waals surface area contributed by atoms with Gasteiger partial charge in [0.05, 0.1) is 17.2 Å². The molecule has 2 rings (SSSR count). The number of piperidine rings is 1. The number of likely N-dealkylation sites (tertiary alicyclic amines) is 1. The van der Waals surface area contributed by atoms with E-state index in [1.807, 2.05) is 6.92 Å². The van der Waals surface area contributed by atoms with Gasteiger partial charge in [-0.1, -0.05) is 11.6 Å². The number of carbonyl (C=O) groups excluding carboxylic acids is 1. The second kappa shape index (κ2) is 5.93. The molecule has 1 atom stereocenters. The second-order valence-electron chi connectivity index (χ2n) is 5.33. The molecule has 1 aromatic carbocycles. The molecule has 1 fully saturated rings. The van der Waals surface area contributed by atoms with Crippen LogP contribution in [-0.2, 0) is 0 Å². The largest absolute Gasteiger partial charge is 0.393 e. The highest BCUT2D eigenvalue weighted by molar-refractivity contribution is 5.99. The van der Waals surface area contributed by atoms with E-state index >= 15 is 0 Å². The Balaban J connectivity index is 2.22. The van der Waals surface area contributed by atoms with E-state index in [4.69, 9.17) is 5.84 Å². The number of hydrazine groups is 1. The highest BCUT2D eigenvalue weighted by Gasteiger charge is 2.42. The number of carbonyl (C=O) groups is 1. The first-order valence-corrected chi connectivity index (χ1v) is 6.76. The van der Waals surface area contributed by atoms with E-state index in [0.717, 1.165) is 5.56 Å². The first-order chi connectivity index (χ1) is 9.82. The molecule has 116 valence electrons. The van der Waals surface area contributed by atoms with Crippen molar-refractivity contribution in [3.8, 4) is 0 Å². The Hall–Kier alpha value is -1.76. The summed E-state index contributed by atoms with van der Waals surface area (Å²) in [6.45, 7) is 1.86. The molecule has 1 heterocycles. The number of nitrogens with two attached hydrogens (primary N) is 1. The van der Waals surface area contributed by atoms with E-state index in [-0.39, 0.29) is 13.0 Å². The Labute approximate surface area is 121 Å². The van der Waals surface area contributed by atoms with Crippen LogP contribution in [0.1, 0.15) is 28.8 Å². The molecule has 1 aliphatic heterocycles. The van der Waals surface area contributed by atoms with Crippen LogP contribution in [0.5, 0.6) is 0 Å². The molecule has 0 radical (unpaired) electrons. The molecule has 0 aromatic heterocycles. The molecule has 3 N–H and O–H groups in total. The van der Waals surface area contributed by atoms with E-state index < -0.39 is 18.0 Å². The number of amides is 1. The molecule has 7 heteroatoms. The fourth-order valence-electron chi connectivity index (χ4n) is 2.56. The Morgan fingerprint density at radius 1 is 1.43 bits per heavy atom. The third-order valence-corrected chi connectivity index (χ3v) is 3.73. The van der Waals surface area contributed by atoms with Gasteiger partial charge in [0.15, 0.2) is 0 Å². The van der Waals surface area contributed by atoms with Crippen LogP contribution >= 0.6 is 0 Å². The first kappa shape index (κ1) is 15.6. The fourth-order valence-corrected chi connectivity index (χ4v) is 2.56. The lowest BCUT2D eigenvalue weighted by Gasteiger charge is -2.34. The van der Waals surface area contributed by atoms with Gasteiger partial charge >= 0.3 is 6.18 Å². The van der Waals surface area contributed by atoms with Crippen LogP contribution in [0.2, 0.25) is 0 Å². The number of aryl methyl sites for hydroxylation is 1. The van der Waals surface area contributed by atoms with E-state index in [2.05, 4.69) is 5.43 Å². The first-order valence-electron chi connectivity index (χ1n) is 6.76. The van der Waals surface area contributed by atoms with Crippen LogP contribution < -0.4 is 11.3 Å². The number of nitrogens with one attached hydrogen (secondary N) is 1. The number of anilines is 1. The topological polar surface area (TPSA) is 58.4 Å². The zero-order chi connectivity index (χ0) is 15.6. The molecule has 21 heavy (non-hydrogen) atoms. The van der Waals surface area contributed by atoms with Gasteiger partial charge in [0.1, 0.15) is 0 Å². The van der Waals surface area contributed by atoms with Crippen LogP contribution in [-0.4, -0.2) is 30.1 Å².